The summed E-state index contributed by atoms with van der Waals surface area (Å²) in [5.41, 5.74) is 10.5. The van der Waals surface area contributed by atoms with Gasteiger partial charge in [-0.05, 0) is 18.2 Å². The van der Waals surface area contributed by atoms with E-state index in [0.717, 1.165) is 11.3 Å². The molecule has 0 spiro atoms. The summed E-state index contributed by atoms with van der Waals surface area (Å²) in [4.78, 5) is 37.9. The summed E-state index contributed by atoms with van der Waals surface area (Å²) in [5, 5.41) is 14.8. The van der Waals surface area contributed by atoms with Crippen LogP contribution < -0.4 is 27.1 Å². The molecular weight excluding hydrogens is 514 g/mol. The summed E-state index contributed by atoms with van der Waals surface area (Å²) in [6.07, 6.45) is 1.48. The van der Waals surface area contributed by atoms with Gasteiger partial charge in [-0.15, -0.1) is 10.2 Å². The van der Waals surface area contributed by atoms with E-state index in [1.807, 2.05) is 0 Å². The fourth-order valence-corrected chi connectivity index (χ4v) is 4.13. The van der Waals surface area contributed by atoms with Crippen molar-refractivity contribution in [2.75, 3.05) is 31.4 Å². The summed E-state index contributed by atoms with van der Waals surface area (Å²) in [5.74, 6) is -1.96. The molecule has 13 nitrogen and oxygen atoms in total. The lowest BCUT2D eigenvalue weighted by Crippen LogP contribution is -2.19. The Morgan fingerprint density at radius 2 is 2.06 bits per heavy atom. The number of ether oxygens (including phenoxy) is 2. The van der Waals surface area contributed by atoms with E-state index in [4.69, 9.17) is 37.0 Å². The summed E-state index contributed by atoms with van der Waals surface area (Å²) in [6, 6.07) is 7.25. The molecule has 3 heterocycles. The SMILES string of the molecule is COCCOc1c(-c2c(Cl)cccc2C(N)=O)cc(C(=O)Nc2nnc(-n3nccc3N)s2)oc1=O. The largest absolute Gasteiger partial charge is 0.484 e. The number of carbonyl (C=O) groups excluding carboxylic acids is 2. The van der Waals surface area contributed by atoms with Crippen molar-refractivity contribution in [1.29, 1.82) is 0 Å². The van der Waals surface area contributed by atoms with E-state index in [1.54, 1.807) is 6.07 Å². The quantitative estimate of drug-likeness (QED) is 0.269. The first kappa shape index (κ1) is 24.8. The number of aromatic nitrogens is 4. The Morgan fingerprint density at radius 1 is 1.25 bits per heavy atom. The van der Waals surface area contributed by atoms with E-state index in [0.29, 0.717) is 10.9 Å². The average molecular weight is 532 g/mol. The van der Waals surface area contributed by atoms with E-state index in [1.165, 1.54) is 42.3 Å². The Kier molecular flexibility index (Phi) is 7.28. The van der Waals surface area contributed by atoms with Crippen LogP contribution in [0, 0.1) is 0 Å². The highest BCUT2D eigenvalue weighted by Crippen LogP contribution is 2.36. The zero-order valence-corrected chi connectivity index (χ0v) is 20.1. The lowest BCUT2D eigenvalue weighted by atomic mass is 9.98. The molecule has 0 unspecified atom stereocenters. The molecule has 4 aromatic rings. The minimum absolute atomic E-state index is 0.0136. The fourth-order valence-electron chi connectivity index (χ4n) is 3.13. The molecule has 0 aliphatic carbocycles. The second-order valence-electron chi connectivity index (χ2n) is 7.02. The van der Waals surface area contributed by atoms with Crippen LogP contribution in [0.3, 0.4) is 0 Å². The molecule has 3 aromatic heterocycles. The molecule has 4 rings (SSSR count). The smallest absolute Gasteiger partial charge is 0.379 e. The van der Waals surface area contributed by atoms with Gasteiger partial charge in [0.25, 0.3) is 5.91 Å². The van der Waals surface area contributed by atoms with Crippen LogP contribution in [-0.2, 0) is 4.74 Å². The van der Waals surface area contributed by atoms with Gasteiger partial charge in [-0.25, -0.2) is 4.79 Å². The van der Waals surface area contributed by atoms with Crippen LogP contribution in [0.4, 0.5) is 10.9 Å². The van der Waals surface area contributed by atoms with E-state index < -0.39 is 23.2 Å². The predicted octanol–water partition coefficient (Wildman–Crippen LogP) is 1.96. The molecule has 0 saturated carbocycles. The van der Waals surface area contributed by atoms with Gasteiger partial charge in [0.1, 0.15) is 12.4 Å². The van der Waals surface area contributed by atoms with Crippen LogP contribution in [0.5, 0.6) is 5.75 Å². The minimum Gasteiger partial charge on any atom is -0.484 e. The number of nitrogens with two attached hydrogens (primary N) is 2. The number of methoxy groups -OCH3 is 1. The molecule has 2 amide bonds. The number of carbonyl (C=O) groups is 2. The highest BCUT2D eigenvalue weighted by molar-refractivity contribution is 7.17. The Morgan fingerprint density at radius 3 is 2.75 bits per heavy atom. The number of benzene rings is 1. The molecule has 15 heteroatoms. The monoisotopic (exact) mass is 531 g/mol. The Bertz CT molecular complexity index is 1500. The van der Waals surface area contributed by atoms with Crippen LogP contribution in [0.25, 0.3) is 16.3 Å². The zero-order chi connectivity index (χ0) is 25.8. The van der Waals surface area contributed by atoms with Crippen molar-refractivity contribution in [2.45, 2.75) is 0 Å². The van der Waals surface area contributed by atoms with Gasteiger partial charge in [0, 0.05) is 34.9 Å². The van der Waals surface area contributed by atoms with Gasteiger partial charge in [-0.3, -0.25) is 14.9 Å². The number of halogens is 1. The fraction of sp³-hybridized carbons (Fsp3) is 0.143. The molecule has 1 aromatic carbocycles. The third-order valence-electron chi connectivity index (χ3n) is 4.70. The third-order valence-corrected chi connectivity index (χ3v) is 5.83. The Balaban J connectivity index is 1.74. The number of anilines is 2. The maximum Gasteiger partial charge on any atom is 0.379 e. The maximum atomic E-state index is 13.0. The van der Waals surface area contributed by atoms with Crippen molar-refractivity contribution in [3.8, 4) is 22.0 Å². The summed E-state index contributed by atoms with van der Waals surface area (Å²) in [6.45, 7) is 0.146. The molecule has 0 atom stereocenters. The second-order valence-corrected chi connectivity index (χ2v) is 8.38. The van der Waals surface area contributed by atoms with Gasteiger partial charge in [0.2, 0.25) is 21.9 Å². The number of nitrogens with zero attached hydrogens (tertiary/aromatic N) is 4. The molecule has 0 aliphatic heterocycles. The van der Waals surface area contributed by atoms with E-state index >= 15 is 0 Å². The average Bonchev–Trinajstić information content (AvgIpc) is 3.48. The Hall–Kier alpha value is -4.27. The highest BCUT2D eigenvalue weighted by atomic mass is 35.5. The summed E-state index contributed by atoms with van der Waals surface area (Å²) in [7, 11) is 1.46. The molecular formula is C21H18ClN7O6S. The van der Waals surface area contributed by atoms with Gasteiger partial charge < -0.3 is 25.4 Å². The zero-order valence-electron chi connectivity index (χ0n) is 18.6. The van der Waals surface area contributed by atoms with Gasteiger partial charge in [-0.1, -0.05) is 29.0 Å². The van der Waals surface area contributed by atoms with Crippen molar-refractivity contribution < 1.29 is 23.5 Å². The molecule has 0 aliphatic rings. The lowest BCUT2D eigenvalue weighted by molar-refractivity contribution is 0.0987. The number of primary amides is 1. The molecule has 5 N–H and O–H groups in total. The van der Waals surface area contributed by atoms with Gasteiger partial charge in [0.15, 0.2) is 5.76 Å². The highest BCUT2D eigenvalue weighted by Gasteiger charge is 2.24. The van der Waals surface area contributed by atoms with Crippen molar-refractivity contribution in [3.05, 3.63) is 63.3 Å². The van der Waals surface area contributed by atoms with Gasteiger partial charge >= 0.3 is 5.63 Å². The van der Waals surface area contributed by atoms with E-state index in [2.05, 4.69) is 20.6 Å². The maximum absolute atomic E-state index is 13.0. The van der Waals surface area contributed by atoms with Crippen LogP contribution in [0.1, 0.15) is 20.9 Å². The number of nitrogens with one attached hydrogen (secondary N) is 1. The van der Waals surface area contributed by atoms with Crippen molar-refractivity contribution in [2.24, 2.45) is 5.73 Å². The molecule has 186 valence electrons. The minimum atomic E-state index is -0.980. The number of hydrogen-bond acceptors (Lipinski definition) is 11. The number of amides is 2. The molecule has 0 fully saturated rings. The van der Waals surface area contributed by atoms with Crippen LogP contribution in [0.15, 0.2) is 45.7 Å². The van der Waals surface area contributed by atoms with Crippen LogP contribution in [0.2, 0.25) is 5.02 Å². The second kappa shape index (κ2) is 10.6. The van der Waals surface area contributed by atoms with Crippen LogP contribution in [-0.4, -0.2) is 52.1 Å². The van der Waals surface area contributed by atoms with E-state index in [9.17, 15) is 14.4 Å². The molecule has 0 bridgehead atoms. The molecule has 0 radical (unpaired) electrons. The van der Waals surface area contributed by atoms with Crippen molar-refractivity contribution >= 4 is 45.7 Å². The van der Waals surface area contributed by atoms with Gasteiger partial charge in [0.05, 0.1) is 12.8 Å². The molecule has 0 saturated heterocycles. The van der Waals surface area contributed by atoms with Crippen molar-refractivity contribution in [1.82, 2.24) is 20.0 Å². The first-order valence-electron chi connectivity index (χ1n) is 10.1. The normalized spacial score (nSPS) is 10.8. The topological polar surface area (TPSA) is 190 Å². The first-order chi connectivity index (χ1) is 17.3. The molecule has 36 heavy (non-hydrogen) atoms. The summed E-state index contributed by atoms with van der Waals surface area (Å²) >= 11 is 7.35. The predicted molar refractivity (Wildman–Crippen MR) is 131 cm³/mol. The Labute approximate surface area is 211 Å². The first-order valence-corrected chi connectivity index (χ1v) is 11.3. The van der Waals surface area contributed by atoms with Gasteiger partial charge in [-0.2, -0.15) is 9.78 Å². The number of rotatable bonds is 9. The number of nitrogen functional groups attached to an aromatic ring is 1. The standard InChI is InChI=1S/C21H18ClN7O6S/c1-33-7-8-34-16-11(15-10(17(24)30)3-2-4-12(15)22)9-13(35-19(16)32)18(31)26-20-27-28-21(36-20)29-14(23)5-6-25-29/h2-6,9H,7-8,23H2,1H3,(H2,24,30)(H,26,27,31). The lowest BCUT2D eigenvalue weighted by Gasteiger charge is -2.14. The van der Waals surface area contributed by atoms with Crippen molar-refractivity contribution in [3.63, 3.8) is 0 Å². The number of hydrogen-bond donors (Lipinski definition) is 3. The van der Waals surface area contributed by atoms with E-state index in [-0.39, 0.29) is 45.8 Å². The van der Waals surface area contributed by atoms with Crippen LogP contribution >= 0.6 is 22.9 Å². The summed E-state index contributed by atoms with van der Waals surface area (Å²) < 4.78 is 17.0. The third kappa shape index (κ3) is 5.05.